The topological polar surface area (TPSA) is 62.4 Å². The Hall–Kier alpha value is -3.12. The van der Waals surface area contributed by atoms with Gasteiger partial charge in [-0.3, -0.25) is 4.79 Å². The molecule has 0 radical (unpaired) electrons. The van der Waals surface area contributed by atoms with E-state index >= 15 is 0 Å². The van der Waals surface area contributed by atoms with Crippen molar-refractivity contribution in [1.82, 2.24) is 9.88 Å². The van der Waals surface area contributed by atoms with Gasteiger partial charge in [-0.2, -0.15) is 0 Å². The summed E-state index contributed by atoms with van der Waals surface area (Å²) in [6.45, 7) is 6.30. The van der Waals surface area contributed by atoms with Crippen molar-refractivity contribution in [2.45, 2.75) is 33.9 Å². The van der Waals surface area contributed by atoms with Crippen molar-refractivity contribution in [1.29, 1.82) is 0 Å². The first-order chi connectivity index (χ1) is 14.8. The summed E-state index contributed by atoms with van der Waals surface area (Å²) in [5.74, 6) is -1.08. The number of halogens is 2. The van der Waals surface area contributed by atoms with Crippen LogP contribution in [0.3, 0.4) is 0 Å². The molecule has 0 bridgehead atoms. The number of amides is 1. The van der Waals surface area contributed by atoms with E-state index in [4.69, 9.17) is 16.3 Å². The summed E-state index contributed by atoms with van der Waals surface area (Å²) < 4.78 is 18.5. The predicted molar refractivity (Wildman–Crippen MR) is 118 cm³/mol. The van der Waals surface area contributed by atoms with E-state index in [0.29, 0.717) is 22.8 Å². The molecule has 0 unspecified atom stereocenters. The Morgan fingerprint density at radius 3 is 2.29 bits per heavy atom. The lowest BCUT2D eigenvalue weighted by Crippen LogP contribution is -2.30. The monoisotopic (exact) mass is 442 g/mol. The van der Waals surface area contributed by atoms with Crippen LogP contribution in [0.15, 0.2) is 48.5 Å². The first-order valence-corrected chi connectivity index (χ1v) is 10.3. The minimum atomic E-state index is -0.427. The van der Waals surface area contributed by atoms with Crippen LogP contribution < -0.4 is 0 Å². The van der Waals surface area contributed by atoms with Gasteiger partial charge in [0.25, 0.3) is 5.91 Å². The van der Waals surface area contributed by atoms with Crippen molar-refractivity contribution in [3.8, 4) is 0 Å². The molecule has 31 heavy (non-hydrogen) atoms. The highest BCUT2D eigenvalue weighted by Gasteiger charge is 2.23. The van der Waals surface area contributed by atoms with Crippen LogP contribution in [0.4, 0.5) is 4.39 Å². The second-order valence-electron chi connectivity index (χ2n) is 7.24. The molecular weight excluding hydrogens is 419 g/mol. The van der Waals surface area contributed by atoms with Gasteiger partial charge in [0.05, 0.1) is 6.61 Å². The summed E-state index contributed by atoms with van der Waals surface area (Å²) in [5, 5.41) is 0.608. The second-order valence-corrected chi connectivity index (χ2v) is 7.68. The average molecular weight is 443 g/mol. The maximum Gasteiger partial charge on any atom is 0.355 e. The Bertz CT molecular complexity index is 1080. The molecule has 162 valence electrons. The predicted octanol–water partition coefficient (Wildman–Crippen LogP) is 5.44. The lowest BCUT2D eigenvalue weighted by Gasteiger charge is -2.24. The van der Waals surface area contributed by atoms with E-state index in [1.54, 1.807) is 24.0 Å². The summed E-state index contributed by atoms with van der Waals surface area (Å²) in [4.78, 5) is 30.3. The van der Waals surface area contributed by atoms with Crippen molar-refractivity contribution < 1.29 is 18.7 Å². The van der Waals surface area contributed by atoms with Crippen molar-refractivity contribution in [2.75, 3.05) is 6.61 Å². The molecule has 0 atom stereocenters. The number of nitrogens with zero attached hydrogens (tertiary/aromatic N) is 1. The van der Waals surface area contributed by atoms with E-state index in [0.717, 1.165) is 22.4 Å². The number of H-pyrrole nitrogens is 1. The number of rotatable bonds is 7. The van der Waals surface area contributed by atoms with E-state index in [-0.39, 0.29) is 19.1 Å². The van der Waals surface area contributed by atoms with Gasteiger partial charge in [0.2, 0.25) is 0 Å². The third kappa shape index (κ3) is 5.33. The van der Waals surface area contributed by atoms with Gasteiger partial charge in [0.15, 0.2) is 0 Å². The summed E-state index contributed by atoms with van der Waals surface area (Å²) in [7, 11) is 0. The lowest BCUT2D eigenvalue weighted by atomic mass is 10.1. The quantitative estimate of drug-likeness (QED) is 0.495. The van der Waals surface area contributed by atoms with E-state index < -0.39 is 11.8 Å². The molecule has 3 rings (SSSR count). The molecule has 1 heterocycles. The van der Waals surface area contributed by atoms with Crippen LogP contribution in [-0.2, 0) is 17.8 Å². The standard InChI is InChI=1S/C24H24ClFN2O3/c1-4-31-24(30)22-15(2)21(16(3)27-22)14-28(13-17-5-9-19(25)10-6-17)23(29)18-7-11-20(26)12-8-18/h5-12,27H,4,13-14H2,1-3H3. The molecule has 0 saturated carbocycles. The fourth-order valence-electron chi connectivity index (χ4n) is 3.41. The van der Waals surface area contributed by atoms with Crippen molar-refractivity contribution >= 4 is 23.5 Å². The number of hydrogen-bond acceptors (Lipinski definition) is 3. The molecule has 3 aromatic rings. The first kappa shape index (κ1) is 22.6. The van der Waals surface area contributed by atoms with Crippen molar-refractivity contribution in [3.05, 3.63) is 93.0 Å². The zero-order valence-electron chi connectivity index (χ0n) is 17.7. The summed E-state index contributed by atoms with van der Waals surface area (Å²) in [5.41, 5.74) is 4.03. The summed E-state index contributed by atoms with van der Waals surface area (Å²) in [6, 6.07) is 12.7. The number of aryl methyl sites for hydroxylation is 1. The first-order valence-electron chi connectivity index (χ1n) is 9.94. The van der Waals surface area contributed by atoms with Gasteiger partial charge in [-0.05, 0) is 73.9 Å². The molecule has 0 fully saturated rings. The Labute approximate surface area is 185 Å². The van der Waals surface area contributed by atoms with Crippen LogP contribution in [0.1, 0.15) is 50.2 Å². The second kappa shape index (κ2) is 9.79. The fourth-order valence-corrected chi connectivity index (χ4v) is 3.53. The summed E-state index contributed by atoms with van der Waals surface area (Å²) in [6.07, 6.45) is 0. The molecular formula is C24H24ClFN2O3. The molecule has 1 amide bonds. The smallest absolute Gasteiger partial charge is 0.355 e. The fraction of sp³-hybridized carbons (Fsp3) is 0.250. The number of esters is 1. The molecule has 1 aromatic heterocycles. The van der Waals surface area contributed by atoms with Crippen LogP contribution in [0.25, 0.3) is 0 Å². The largest absolute Gasteiger partial charge is 0.461 e. The molecule has 2 aromatic carbocycles. The molecule has 5 nitrogen and oxygen atoms in total. The van der Waals surface area contributed by atoms with Gasteiger partial charge in [0, 0.05) is 29.4 Å². The van der Waals surface area contributed by atoms with Crippen LogP contribution in [0.2, 0.25) is 5.02 Å². The van der Waals surface area contributed by atoms with Gasteiger partial charge in [0.1, 0.15) is 11.5 Å². The molecule has 7 heteroatoms. The highest BCUT2D eigenvalue weighted by Crippen LogP contribution is 2.23. The SMILES string of the molecule is CCOC(=O)c1[nH]c(C)c(CN(Cc2ccc(Cl)cc2)C(=O)c2ccc(F)cc2)c1C. The number of hydrogen-bond donors (Lipinski definition) is 1. The number of benzene rings is 2. The number of carbonyl (C=O) groups excluding carboxylic acids is 2. The Balaban J connectivity index is 1.94. The van der Waals surface area contributed by atoms with E-state index in [1.165, 1.54) is 24.3 Å². The van der Waals surface area contributed by atoms with Gasteiger partial charge in [-0.25, -0.2) is 9.18 Å². The van der Waals surface area contributed by atoms with Crippen LogP contribution >= 0.6 is 11.6 Å². The number of aromatic nitrogens is 1. The zero-order chi connectivity index (χ0) is 22.5. The Kier molecular flexibility index (Phi) is 7.13. The number of aromatic amines is 1. The van der Waals surface area contributed by atoms with Gasteiger partial charge >= 0.3 is 5.97 Å². The van der Waals surface area contributed by atoms with Crippen LogP contribution in [-0.4, -0.2) is 28.4 Å². The highest BCUT2D eigenvalue weighted by atomic mass is 35.5. The maximum atomic E-state index is 13.3. The molecule has 0 saturated heterocycles. The molecule has 0 spiro atoms. The Morgan fingerprint density at radius 2 is 1.68 bits per heavy atom. The third-order valence-corrected chi connectivity index (χ3v) is 5.34. The zero-order valence-corrected chi connectivity index (χ0v) is 18.4. The van der Waals surface area contributed by atoms with E-state index in [9.17, 15) is 14.0 Å². The number of carbonyl (C=O) groups is 2. The minimum Gasteiger partial charge on any atom is -0.461 e. The van der Waals surface area contributed by atoms with Gasteiger partial charge in [-0.15, -0.1) is 0 Å². The molecule has 0 aliphatic heterocycles. The normalized spacial score (nSPS) is 10.7. The summed E-state index contributed by atoms with van der Waals surface area (Å²) >= 11 is 5.99. The van der Waals surface area contributed by atoms with Gasteiger partial charge < -0.3 is 14.6 Å². The number of nitrogens with one attached hydrogen (secondary N) is 1. The Morgan fingerprint density at radius 1 is 1.03 bits per heavy atom. The van der Waals surface area contributed by atoms with E-state index in [2.05, 4.69) is 4.98 Å². The molecule has 1 N–H and O–H groups in total. The van der Waals surface area contributed by atoms with Gasteiger partial charge in [-0.1, -0.05) is 23.7 Å². The van der Waals surface area contributed by atoms with E-state index in [1.807, 2.05) is 26.0 Å². The maximum absolute atomic E-state index is 13.3. The third-order valence-electron chi connectivity index (χ3n) is 5.09. The average Bonchev–Trinajstić information content (AvgIpc) is 3.03. The molecule has 0 aliphatic rings. The van der Waals surface area contributed by atoms with Crippen molar-refractivity contribution in [3.63, 3.8) is 0 Å². The van der Waals surface area contributed by atoms with Crippen LogP contribution in [0.5, 0.6) is 0 Å². The molecule has 0 aliphatic carbocycles. The minimum absolute atomic E-state index is 0.243. The van der Waals surface area contributed by atoms with Crippen molar-refractivity contribution in [2.24, 2.45) is 0 Å². The number of ether oxygens (including phenoxy) is 1. The lowest BCUT2D eigenvalue weighted by molar-refractivity contribution is 0.0519. The van der Waals surface area contributed by atoms with Crippen LogP contribution in [0, 0.1) is 19.7 Å². The highest BCUT2D eigenvalue weighted by molar-refractivity contribution is 6.30.